The highest BCUT2D eigenvalue weighted by atomic mass is 35.5. The molecule has 0 aliphatic heterocycles. The lowest BCUT2D eigenvalue weighted by atomic mass is 10.1. The predicted molar refractivity (Wildman–Crippen MR) is 114 cm³/mol. The molecule has 3 rings (SSSR count). The molecule has 10 heteroatoms. The number of halogens is 1. The molecule has 0 fully saturated rings. The van der Waals surface area contributed by atoms with E-state index in [4.69, 9.17) is 21.1 Å². The second kappa shape index (κ2) is 8.82. The smallest absolute Gasteiger partial charge is 0.270 e. The highest BCUT2D eigenvalue weighted by Gasteiger charge is 2.20. The minimum absolute atomic E-state index is 0.0229. The first kappa shape index (κ1) is 21.1. The van der Waals surface area contributed by atoms with Crippen molar-refractivity contribution >= 4 is 40.0 Å². The van der Waals surface area contributed by atoms with Crippen LogP contribution in [0.15, 0.2) is 41.8 Å². The lowest BCUT2D eigenvalue weighted by Crippen LogP contribution is -1.94. The summed E-state index contributed by atoms with van der Waals surface area (Å²) in [6.07, 6.45) is 0. The van der Waals surface area contributed by atoms with E-state index in [2.05, 4.69) is 4.98 Å². The van der Waals surface area contributed by atoms with Gasteiger partial charge in [-0.15, -0.1) is 11.3 Å². The summed E-state index contributed by atoms with van der Waals surface area (Å²) in [6.45, 7) is 0. The van der Waals surface area contributed by atoms with Crippen LogP contribution < -0.4 is 9.47 Å². The molecule has 0 saturated heterocycles. The van der Waals surface area contributed by atoms with Gasteiger partial charge in [-0.1, -0.05) is 11.6 Å². The minimum atomic E-state index is -0.613. The van der Waals surface area contributed by atoms with E-state index in [1.807, 2.05) is 6.07 Å². The maximum atomic E-state index is 11.0. The van der Waals surface area contributed by atoms with Crippen molar-refractivity contribution in [2.24, 2.45) is 0 Å². The lowest BCUT2D eigenvalue weighted by Gasteiger charge is -2.08. The van der Waals surface area contributed by atoms with Crippen molar-refractivity contribution in [3.8, 4) is 28.8 Å². The fourth-order valence-electron chi connectivity index (χ4n) is 2.66. The van der Waals surface area contributed by atoms with Crippen molar-refractivity contribution in [3.05, 3.63) is 67.5 Å². The number of aliphatic hydroxyl groups is 1. The number of allylic oxidation sites excluding steroid dienone is 1. The molecule has 2 aromatic carbocycles. The zero-order chi connectivity index (χ0) is 21.8. The summed E-state index contributed by atoms with van der Waals surface area (Å²) >= 11 is 7.22. The quantitative estimate of drug-likeness (QED) is 0.236. The fourth-order valence-corrected chi connectivity index (χ4v) is 3.69. The Labute approximate surface area is 180 Å². The molecule has 3 aromatic rings. The fraction of sp³-hybridized carbons (Fsp3) is 0.100. The van der Waals surface area contributed by atoms with Gasteiger partial charge in [0.1, 0.15) is 22.4 Å². The third-order valence-corrected chi connectivity index (χ3v) is 5.35. The van der Waals surface area contributed by atoms with Crippen molar-refractivity contribution in [2.75, 3.05) is 14.2 Å². The molecule has 0 spiro atoms. The Morgan fingerprint density at radius 2 is 1.97 bits per heavy atom. The summed E-state index contributed by atoms with van der Waals surface area (Å²) in [5, 5.41) is 33.3. The summed E-state index contributed by atoms with van der Waals surface area (Å²) < 4.78 is 10.5. The Morgan fingerprint density at radius 1 is 1.23 bits per heavy atom. The van der Waals surface area contributed by atoms with E-state index in [1.165, 1.54) is 26.4 Å². The highest BCUT2D eigenvalue weighted by molar-refractivity contribution is 7.11. The average Bonchev–Trinajstić information content (AvgIpc) is 3.23. The van der Waals surface area contributed by atoms with E-state index in [-0.39, 0.29) is 26.9 Å². The molecule has 1 aromatic heterocycles. The number of nitrogens with zero attached hydrogens (tertiary/aromatic N) is 3. The number of methoxy groups -OCH3 is 2. The van der Waals surface area contributed by atoms with Crippen molar-refractivity contribution in [3.63, 3.8) is 0 Å². The Hall–Kier alpha value is -3.61. The molecule has 0 atom stereocenters. The first-order valence-electron chi connectivity index (χ1n) is 8.35. The standard InChI is InChI=1S/C20H14ClN3O5S/c1-28-17-6-3-11(7-18(17)29-2)16-10-30-20(23-16)14(9-22)19(25)13-8-12(24(26)27)4-5-15(13)21/h3-8,10,25H,1-2H3. The van der Waals surface area contributed by atoms with Gasteiger partial charge in [0, 0.05) is 28.6 Å². The van der Waals surface area contributed by atoms with E-state index < -0.39 is 10.7 Å². The van der Waals surface area contributed by atoms with Crippen LogP contribution in [0.2, 0.25) is 5.02 Å². The summed E-state index contributed by atoms with van der Waals surface area (Å²) in [5.41, 5.74) is 0.852. The second-order valence-corrected chi connectivity index (χ2v) is 7.13. The number of non-ortho nitro benzene ring substituents is 1. The second-order valence-electron chi connectivity index (χ2n) is 5.86. The minimum Gasteiger partial charge on any atom is -0.506 e. The number of aliphatic hydroxyl groups excluding tert-OH is 1. The summed E-state index contributed by atoms with van der Waals surface area (Å²) in [7, 11) is 3.05. The third kappa shape index (κ3) is 4.05. The van der Waals surface area contributed by atoms with Gasteiger partial charge in [-0.25, -0.2) is 4.98 Å². The molecule has 1 heterocycles. The summed E-state index contributed by atoms with van der Waals surface area (Å²) in [4.78, 5) is 14.8. The molecule has 1 N–H and O–H groups in total. The zero-order valence-corrected chi connectivity index (χ0v) is 17.3. The molecule has 0 saturated carbocycles. The van der Waals surface area contributed by atoms with Crippen LogP contribution in [0.1, 0.15) is 10.6 Å². The van der Waals surface area contributed by atoms with Gasteiger partial charge in [-0.2, -0.15) is 5.26 Å². The van der Waals surface area contributed by atoms with E-state index in [0.29, 0.717) is 17.2 Å². The van der Waals surface area contributed by atoms with Crippen LogP contribution in [-0.4, -0.2) is 29.2 Å². The lowest BCUT2D eigenvalue weighted by molar-refractivity contribution is -0.384. The number of nitriles is 1. The largest absolute Gasteiger partial charge is 0.506 e. The van der Waals surface area contributed by atoms with E-state index in [1.54, 1.807) is 23.6 Å². The van der Waals surface area contributed by atoms with Crippen molar-refractivity contribution in [2.45, 2.75) is 0 Å². The molecule has 0 amide bonds. The number of aromatic nitrogens is 1. The number of hydrogen-bond donors (Lipinski definition) is 1. The predicted octanol–water partition coefficient (Wildman–Crippen LogP) is 5.34. The van der Waals surface area contributed by atoms with Crippen molar-refractivity contribution < 1.29 is 19.5 Å². The van der Waals surface area contributed by atoms with Gasteiger partial charge >= 0.3 is 0 Å². The van der Waals surface area contributed by atoms with Gasteiger partial charge < -0.3 is 14.6 Å². The van der Waals surface area contributed by atoms with Gasteiger partial charge in [0.05, 0.1) is 29.9 Å². The highest BCUT2D eigenvalue weighted by Crippen LogP contribution is 2.36. The number of nitro benzene ring substituents is 1. The van der Waals surface area contributed by atoms with Crippen molar-refractivity contribution in [1.82, 2.24) is 4.98 Å². The Morgan fingerprint density at radius 3 is 2.60 bits per heavy atom. The van der Waals surface area contributed by atoms with Crippen LogP contribution in [0.25, 0.3) is 22.6 Å². The topological polar surface area (TPSA) is 119 Å². The molecule has 0 radical (unpaired) electrons. The van der Waals surface area contributed by atoms with Crippen LogP contribution >= 0.6 is 22.9 Å². The molecule has 8 nitrogen and oxygen atoms in total. The molecule has 0 aliphatic carbocycles. The molecule has 30 heavy (non-hydrogen) atoms. The number of benzene rings is 2. The first-order valence-corrected chi connectivity index (χ1v) is 9.61. The number of hydrogen-bond acceptors (Lipinski definition) is 8. The normalized spacial score (nSPS) is 11.4. The van der Waals surface area contributed by atoms with E-state index in [9.17, 15) is 20.5 Å². The van der Waals surface area contributed by atoms with Crippen LogP contribution in [-0.2, 0) is 0 Å². The van der Waals surface area contributed by atoms with Crippen molar-refractivity contribution in [1.29, 1.82) is 5.26 Å². The number of nitro groups is 1. The Kier molecular flexibility index (Phi) is 6.20. The zero-order valence-electron chi connectivity index (χ0n) is 15.7. The maximum Gasteiger partial charge on any atom is 0.270 e. The van der Waals surface area contributed by atoms with Crippen LogP contribution in [0.5, 0.6) is 11.5 Å². The molecular formula is C20H14ClN3O5S. The van der Waals surface area contributed by atoms with Gasteiger partial charge in [0.2, 0.25) is 0 Å². The SMILES string of the molecule is COc1ccc(-c2csc(C(C#N)=C(O)c3cc([N+](=O)[O-])ccc3Cl)n2)cc1OC. The molecule has 152 valence electrons. The number of thiazole rings is 1. The van der Waals surface area contributed by atoms with Crippen LogP contribution in [0, 0.1) is 21.4 Å². The summed E-state index contributed by atoms with van der Waals surface area (Å²) in [6, 6.07) is 10.8. The monoisotopic (exact) mass is 443 g/mol. The molecule has 0 unspecified atom stereocenters. The van der Waals surface area contributed by atoms with Crippen LogP contribution in [0.3, 0.4) is 0 Å². The van der Waals surface area contributed by atoms with Gasteiger partial charge in [-0.05, 0) is 24.3 Å². The summed E-state index contributed by atoms with van der Waals surface area (Å²) in [5.74, 6) is 0.596. The molecule has 0 bridgehead atoms. The van der Waals surface area contributed by atoms with Crippen LogP contribution in [0.4, 0.5) is 5.69 Å². The van der Waals surface area contributed by atoms with E-state index >= 15 is 0 Å². The average molecular weight is 444 g/mol. The van der Waals surface area contributed by atoms with E-state index in [0.717, 1.165) is 23.0 Å². The maximum absolute atomic E-state index is 11.0. The third-order valence-electron chi connectivity index (χ3n) is 4.16. The number of rotatable bonds is 6. The van der Waals surface area contributed by atoms with Gasteiger partial charge in [-0.3, -0.25) is 10.1 Å². The first-order chi connectivity index (χ1) is 14.4. The Balaban J connectivity index is 2.06. The molecular weight excluding hydrogens is 430 g/mol. The van der Waals surface area contributed by atoms with Gasteiger partial charge in [0.15, 0.2) is 11.5 Å². The number of ether oxygens (including phenoxy) is 2. The Bertz CT molecular complexity index is 1200. The van der Waals surface area contributed by atoms with Gasteiger partial charge in [0.25, 0.3) is 5.69 Å². The molecule has 0 aliphatic rings.